The van der Waals surface area contributed by atoms with Crippen LogP contribution in [-0.2, 0) is 10.9 Å². The van der Waals surface area contributed by atoms with Crippen LogP contribution < -0.4 is 14.6 Å². The van der Waals surface area contributed by atoms with Gasteiger partial charge in [-0.3, -0.25) is 0 Å². The molecule has 0 bridgehead atoms. The molecule has 0 heterocycles. The molecule has 4 rings (SSSR count). The van der Waals surface area contributed by atoms with Crippen molar-refractivity contribution in [3.8, 4) is 17.2 Å². The Bertz CT molecular complexity index is 1170. The Morgan fingerprint density at radius 3 is 1.51 bits per heavy atom. The van der Waals surface area contributed by atoms with Gasteiger partial charge in [0.1, 0.15) is 11.5 Å². The number of aromatic carboxylic acids is 1. The van der Waals surface area contributed by atoms with Crippen LogP contribution in [0.3, 0.4) is 0 Å². The molecule has 1 N–H and O–H groups in total. The fourth-order valence-electron chi connectivity index (χ4n) is 3.39. The van der Waals surface area contributed by atoms with Gasteiger partial charge in [-0.05, 0) is 79.6 Å². The summed E-state index contributed by atoms with van der Waals surface area (Å²) < 4.78 is 11.5. The summed E-state index contributed by atoms with van der Waals surface area (Å²) in [5.41, 5.74) is -0.178. The van der Waals surface area contributed by atoms with E-state index < -0.39 is 11.7 Å². The van der Waals surface area contributed by atoms with E-state index in [2.05, 4.69) is 92.7 Å². The lowest BCUT2D eigenvalue weighted by molar-refractivity contribution is -0.268. The molecule has 0 unspecified atom stereocenters. The molecular weight excluding hydrogens is 484 g/mol. The lowest BCUT2D eigenvalue weighted by Crippen LogP contribution is -2.05. The van der Waals surface area contributed by atoms with E-state index in [1.54, 1.807) is 0 Å². The molecule has 0 fully saturated rings. The number of rotatable bonds is 10. The third-order valence-electron chi connectivity index (χ3n) is 5.16. The summed E-state index contributed by atoms with van der Waals surface area (Å²) >= 11 is 0. The Morgan fingerprint density at radius 1 is 0.676 bits per heavy atom. The molecule has 0 spiro atoms. The number of hydrogen-bond donors (Lipinski definition) is 1. The maximum atomic E-state index is 10.7. The number of carboxylic acids is 1. The summed E-state index contributed by atoms with van der Waals surface area (Å²) in [7, 11) is -0.154. The lowest BCUT2D eigenvalue weighted by Gasteiger charge is -2.10. The van der Waals surface area contributed by atoms with E-state index in [1.165, 1.54) is 39.0 Å². The number of benzene rings is 4. The van der Waals surface area contributed by atoms with E-state index in [4.69, 9.17) is 14.6 Å². The first-order valence-corrected chi connectivity index (χ1v) is 13.5. The van der Waals surface area contributed by atoms with Crippen molar-refractivity contribution in [2.45, 2.75) is 41.4 Å². The molecule has 37 heavy (non-hydrogen) atoms. The van der Waals surface area contributed by atoms with Crippen LogP contribution in [0.5, 0.6) is 17.2 Å². The van der Waals surface area contributed by atoms with Crippen LogP contribution in [0.1, 0.15) is 37.0 Å². The smallest absolute Gasteiger partial charge is 0.335 e. The van der Waals surface area contributed by atoms with Crippen LogP contribution in [0.2, 0.25) is 0 Å². The minimum absolute atomic E-state index is 0.154. The first-order valence-electron chi connectivity index (χ1n) is 12.3. The zero-order valence-electron chi connectivity index (χ0n) is 21.1. The van der Waals surface area contributed by atoms with E-state index >= 15 is 0 Å². The van der Waals surface area contributed by atoms with Gasteiger partial charge in [0.25, 0.3) is 0 Å². The van der Waals surface area contributed by atoms with E-state index in [0.717, 1.165) is 37.6 Å². The summed E-state index contributed by atoms with van der Waals surface area (Å²) in [6, 6.07) is 33.2. The van der Waals surface area contributed by atoms with Crippen molar-refractivity contribution in [1.82, 2.24) is 0 Å². The second-order valence-electron chi connectivity index (χ2n) is 8.06. The molecule has 0 amide bonds. The molecule has 4 aromatic rings. The summed E-state index contributed by atoms with van der Waals surface area (Å²) in [5, 5.41) is 19.0. The first-order chi connectivity index (χ1) is 18.0. The number of carboxylic acid groups (broad SMARTS) is 1. The zero-order chi connectivity index (χ0) is 26.5. The largest absolute Gasteiger partial charge is 0.872 e. The van der Waals surface area contributed by atoms with Gasteiger partial charge in [-0.1, -0.05) is 56.0 Å². The van der Waals surface area contributed by atoms with Crippen LogP contribution in [0.4, 0.5) is 0 Å². The molecule has 6 heteroatoms. The molecule has 0 aliphatic rings. The Morgan fingerprint density at radius 2 is 1.11 bits per heavy atom. The first kappa shape index (κ1) is 27.7. The number of hydrogen-bond acceptors (Lipinski definition) is 4. The second kappa shape index (κ2) is 14.6. The van der Waals surface area contributed by atoms with Gasteiger partial charge in [0, 0.05) is 0 Å². The van der Waals surface area contributed by atoms with Crippen LogP contribution in [0, 0.1) is 0 Å². The maximum Gasteiger partial charge on any atom is 0.335 e. The average Bonchev–Trinajstić information content (AvgIpc) is 2.93. The van der Waals surface area contributed by atoms with Crippen LogP contribution in [0.25, 0.3) is 0 Å². The van der Waals surface area contributed by atoms with Crippen LogP contribution >= 0.6 is 0 Å². The Hall–Kier alpha value is -3.90. The van der Waals surface area contributed by atoms with Gasteiger partial charge in [0.05, 0.1) is 29.7 Å². The lowest BCUT2D eigenvalue weighted by atomic mass is 10.2. The topological polar surface area (TPSA) is 78.8 Å². The fourth-order valence-corrected chi connectivity index (χ4v) is 5.45. The van der Waals surface area contributed by atoms with Gasteiger partial charge in [-0.15, -0.1) is 0 Å². The highest BCUT2D eigenvalue weighted by atomic mass is 32.2. The van der Waals surface area contributed by atoms with Crippen LogP contribution in [-0.4, -0.2) is 24.3 Å². The molecule has 4 aromatic carbocycles. The Labute approximate surface area is 221 Å². The molecule has 0 atom stereocenters. The van der Waals surface area contributed by atoms with E-state index in [9.17, 15) is 9.90 Å². The molecule has 0 saturated heterocycles. The summed E-state index contributed by atoms with van der Waals surface area (Å²) in [4.78, 5) is 14.1. The molecule has 0 saturated carbocycles. The average molecular weight is 517 g/mol. The molecule has 5 nitrogen and oxygen atoms in total. The van der Waals surface area contributed by atoms with E-state index in [1.807, 2.05) is 0 Å². The Balaban J connectivity index is 0.000000319. The highest BCUT2D eigenvalue weighted by molar-refractivity contribution is 7.97. The normalized spacial score (nSPS) is 10.4. The molecule has 0 radical (unpaired) electrons. The highest BCUT2D eigenvalue weighted by Gasteiger charge is 2.28. The standard InChI is InChI=1S/C24H27O2S.C7H6O3/c1-3-18-25-20-10-14-23(15-11-20)27(22-8-6-5-7-9-22)24-16-12-21(13-17-24)26-19-4-2;8-6-4-2-1-3-5(6)7(9)10/h5-17H,3-4,18-19H2,1-2H3;1-4,8H,(H,9,10)/q+1;/p-1. The van der Waals surface area contributed by atoms with Crippen molar-refractivity contribution in [3.63, 3.8) is 0 Å². The summed E-state index contributed by atoms with van der Waals surface area (Å²) in [6.07, 6.45) is 2.03. The number of carbonyl (C=O) groups is 1. The van der Waals surface area contributed by atoms with Crippen molar-refractivity contribution in [2.24, 2.45) is 0 Å². The fraction of sp³-hybridized carbons (Fsp3) is 0.194. The quantitative estimate of drug-likeness (QED) is 0.234. The monoisotopic (exact) mass is 516 g/mol. The van der Waals surface area contributed by atoms with Gasteiger partial charge < -0.3 is 19.7 Å². The van der Waals surface area contributed by atoms with Gasteiger partial charge >= 0.3 is 5.97 Å². The molecule has 0 aromatic heterocycles. The van der Waals surface area contributed by atoms with Crippen molar-refractivity contribution >= 4 is 16.9 Å². The third kappa shape index (κ3) is 8.33. The maximum absolute atomic E-state index is 10.7. The summed E-state index contributed by atoms with van der Waals surface area (Å²) in [5.74, 6) is 0.238. The minimum atomic E-state index is -1.18. The van der Waals surface area contributed by atoms with Crippen molar-refractivity contribution in [1.29, 1.82) is 0 Å². The van der Waals surface area contributed by atoms with Crippen molar-refractivity contribution in [2.75, 3.05) is 13.2 Å². The van der Waals surface area contributed by atoms with Gasteiger partial charge in [0.15, 0.2) is 14.7 Å². The summed E-state index contributed by atoms with van der Waals surface area (Å²) in [6.45, 7) is 5.75. The second-order valence-corrected chi connectivity index (χ2v) is 10.1. The minimum Gasteiger partial charge on any atom is -0.872 e. The third-order valence-corrected chi connectivity index (χ3v) is 7.39. The Kier molecular flexibility index (Phi) is 10.9. The number of ether oxygens (including phenoxy) is 2. The van der Waals surface area contributed by atoms with Crippen molar-refractivity contribution < 1.29 is 24.5 Å². The van der Waals surface area contributed by atoms with E-state index in [-0.39, 0.29) is 16.5 Å². The number of para-hydroxylation sites is 1. The predicted molar refractivity (Wildman–Crippen MR) is 146 cm³/mol. The van der Waals surface area contributed by atoms with Crippen molar-refractivity contribution in [3.05, 3.63) is 109 Å². The molecule has 192 valence electrons. The molecular formula is C31H32O5S. The van der Waals surface area contributed by atoms with Crippen LogP contribution in [0.15, 0.2) is 118 Å². The van der Waals surface area contributed by atoms with Gasteiger partial charge in [-0.2, -0.15) is 0 Å². The van der Waals surface area contributed by atoms with Gasteiger partial charge in [0.2, 0.25) is 0 Å². The molecule has 0 aliphatic heterocycles. The highest BCUT2D eigenvalue weighted by Crippen LogP contribution is 2.33. The zero-order valence-corrected chi connectivity index (χ0v) is 21.9. The predicted octanol–water partition coefficient (Wildman–Crippen LogP) is 6.82. The SMILES string of the molecule is CCCOc1ccc([S+](c2ccccc2)c2ccc(OCCC)cc2)cc1.O=C(O)c1ccccc1[O-]. The molecule has 0 aliphatic carbocycles. The van der Waals surface area contributed by atoms with Gasteiger partial charge in [-0.25, -0.2) is 4.79 Å². The van der Waals surface area contributed by atoms with E-state index in [0.29, 0.717) is 0 Å².